The molecule has 0 amide bonds. The van der Waals surface area contributed by atoms with Crippen LogP contribution in [0.2, 0.25) is 0 Å². The third kappa shape index (κ3) is 58.0. The van der Waals surface area contributed by atoms with E-state index in [1.165, 1.54) is 93.1 Å². The Morgan fingerprint density at radius 2 is 0.675 bits per heavy atom. The largest absolute Gasteiger partial charge is 3.00 e. The van der Waals surface area contributed by atoms with Crippen molar-refractivity contribution < 1.29 is 29.7 Å². The second-order valence-corrected chi connectivity index (χ2v) is 14.3. The Hall–Kier alpha value is 0.278. The number of carbonyl (C=O) groups excluding carboxylic acids is 3. The number of aliphatic carboxylic acids is 3. The van der Waals surface area contributed by atoms with Crippen molar-refractivity contribution in [2.24, 2.45) is 17.8 Å². The summed E-state index contributed by atoms with van der Waals surface area (Å²) >= 11 is 4.37. The first-order chi connectivity index (χ1) is 18.4. The second kappa shape index (κ2) is 37.3. The molecule has 0 saturated carbocycles. The molecule has 0 saturated heterocycles. The molecule has 0 unspecified atom stereocenters. The fraction of sp³-hybridized carbons (Fsp3) is 0.900. The number of thioether (sulfide) groups is 3. The van der Waals surface area contributed by atoms with Gasteiger partial charge in [-0.2, -0.15) is 35.3 Å². The van der Waals surface area contributed by atoms with Gasteiger partial charge in [-0.25, -0.2) is 0 Å². The molecule has 236 valence electrons. The zero-order valence-electron chi connectivity index (χ0n) is 26.1. The van der Waals surface area contributed by atoms with Crippen LogP contribution < -0.4 is 15.3 Å². The minimum absolute atomic E-state index is 0. The molecule has 0 heterocycles. The summed E-state index contributed by atoms with van der Waals surface area (Å²) in [6.45, 7) is 13.4. The Kier molecular flexibility index (Phi) is 44.0. The molecule has 2 radical (unpaired) electrons. The van der Waals surface area contributed by atoms with Gasteiger partial charge in [-0.05, 0) is 54.3 Å². The third-order valence-corrected chi connectivity index (χ3v) is 8.42. The minimum atomic E-state index is -0.952. The van der Waals surface area contributed by atoms with Crippen molar-refractivity contribution in [1.29, 1.82) is 0 Å². The van der Waals surface area contributed by atoms with E-state index in [2.05, 4.69) is 41.5 Å². The first kappa shape index (κ1) is 47.2. The maximum atomic E-state index is 10.0. The Balaban J connectivity index is -0.000000240. The van der Waals surface area contributed by atoms with E-state index < -0.39 is 17.9 Å². The van der Waals surface area contributed by atoms with Crippen LogP contribution in [0.1, 0.15) is 119 Å². The molecule has 0 N–H and O–H groups in total. The summed E-state index contributed by atoms with van der Waals surface area (Å²) in [4.78, 5) is 30.1. The Morgan fingerprint density at radius 1 is 0.450 bits per heavy atom. The number of unbranched alkanes of at least 4 members (excludes halogenated alkanes) is 6. The average Bonchev–Trinajstić information content (AvgIpc) is 2.82. The standard InChI is InChI=1S/3C10H20O2S.Sb/c3*1-9(2)6-4-3-5-7-13-8-10(11)12;/h3*9H,3-8H2,1-2H3,(H,11,12);/q;;;+3/p-3. The van der Waals surface area contributed by atoms with Crippen LogP contribution in [-0.2, 0) is 14.4 Å². The van der Waals surface area contributed by atoms with Crippen LogP contribution >= 0.6 is 35.3 Å². The summed E-state index contributed by atoms with van der Waals surface area (Å²) in [6, 6.07) is 0. The second-order valence-electron chi connectivity index (χ2n) is 11.0. The third-order valence-electron chi connectivity index (χ3n) is 5.37. The Morgan fingerprint density at radius 3 is 0.850 bits per heavy atom. The Bertz CT molecular complexity index is 487. The number of carbonyl (C=O) groups is 3. The molecule has 0 aliphatic carbocycles. The minimum Gasteiger partial charge on any atom is -0.549 e. The molecule has 40 heavy (non-hydrogen) atoms. The van der Waals surface area contributed by atoms with E-state index >= 15 is 0 Å². The predicted octanol–water partition coefficient (Wildman–Crippen LogP) is 4.68. The molecular formula is C30H57O6S3Sb. The number of hydrogen-bond acceptors (Lipinski definition) is 9. The van der Waals surface area contributed by atoms with Crippen LogP contribution in [0.25, 0.3) is 0 Å². The van der Waals surface area contributed by atoms with Gasteiger partial charge in [0.05, 0.1) is 17.9 Å². The van der Waals surface area contributed by atoms with Gasteiger partial charge >= 0.3 is 24.4 Å². The van der Waals surface area contributed by atoms with Gasteiger partial charge in [0.2, 0.25) is 0 Å². The summed E-state index contributed by atoms with van der Waals surface area (Å²) in [7, 11) is 0. The molecule has 0 spiro atoms. The van der Waals surface area contributed by atoms with Crippen molar-refractivity contribution in [3.05, 3.63) is 0 Å². The molecule has 6 nitrogen and oxygen atoms in total. The summed E-state index contributed by atoms with van der Waals surface area (Å²) in [6.07, 6.45) is 14.7. The predicted molar refractivity (Wildman–Crippen MR) is 173 cm³/mol. The molecule has 0 bridgehead atoms. The Labute approximate surface area is 276 Å². The number of carboxylic acids is 3. The van der Waals surface area contributed by atoms with Crippen LogP contribution in [0.5, 0.6) is 0 Å². The van der Waals surface area contributed by atoms with Crippen molar-refractivity contribution >= 4 is 77.6 Å². The van der Waals surface area contributed by atoms with Crippen LogP contribution in [-0.4, -0.2) is 76.9 Å². The van der Waals surface area contributed by atoms with E-state index in [9.17, 15) is 29.7 Å². The van der Waals surface area contributed by atoms with E-state index in [1.54, 1.807) is 0 Å². The van der Waals surface area contributed by atoms with Gasteiger partial charge in [-0.1, -0.05) is 99.3 Å². The summed E-state index contributed by atoms with van der Waals surface area (Å²) in [5, 5.41) is 30.1. The molecule has 0 aliphatic heterocycles. The first-order valence-corrected chi connectivity index (χ1v) is 18.2. The van der Waals surface area contributed by atoms with E-state index in [4.69, 9.17) is 0 Å². The van der Waals surface area contributed by atoms with Gasteiger partial charge in [0.15, 0.2) is 0 Å². The fourth-order valence-electron chi connectivity index (χ4n) is 3.27. The number of carboxylic acid groups (broad SMARTS) is 3. The van der Waals surface area contributed by atoms with Crippen LogP contribution in [0.4, 0.5) is 0 Å². The molecule has 0 aromatic heterocycles. The zero-order valence-corrected chi connectivity index (χ0v) is 31.1. The van der Waals surface area contributed by atoms with E-state index in [-0.39, 0.29) is 41.7 Å². The normalized spacial score (nSPS) is 10.4. The first-order valence-electron chi connectivity index (χ1n) is 14.7. The smallest absolute Gasteiger partial charge is 0.549 e. The SMILES string of the molecule is CC(C)CCCCCSCC(=O)[O-].CC(C)CCCCCSCC(=O)[O-].CC(C)CCCCCSCC(=O)[O-].[Sb+3]. The number of rotatable bonds is 24. The zero-order chi connectivity index (χ0) is 30.3. The summed E-state index contributed by atoms with van der Waals surface area (Å²) in [5.41, 5.74) is 0. The van der Waals surface area contributed by atoms with Crippen LogP contribution in [0.3, 0.4) is 0 Å². The molecule has 0 atom stereocenters. The molecule has 0 fully saturated rings. The average molecular weight is 732 g/mol. The quantitative estimate of drug-likeness (QED) is 0.103. The van der Waals surface area contributed by atoms with Crippen LogP contribution in [0, 0.1) is 17.8 Å². The fourth-order valence-corrected chi connectivity index (χ4v) is 5.42. The molecule has 0 rings (SSSR count). The monoisotopic (exact) mass is 730 g/mol. The molecule has 0 aromatic rings. The van der Waals surface area contributed by atoms with E-state index in [1.807, 2.05) is 0 Å². The van der Waals surface area contributed by atoms with Gasteiger partial charge in [-0.15, -0.1) is 0 Å². The van der Waals surface area contributed by atoms with Gasteiger partial charge < -0.3 is 29.7 Å². The molecule has 0 aromatic carbocycles. The van der Waals surface area contributed by atoms with Crippen LogP contribution in [0.15, 0.2) is 0 Å². The van der Waals surface area contributed by atoms with Gasteiger partial charge in [0.25, 0.3) is 0 Å². The van der Waals surface area contributed by atoms with Crippen molar-refractivity contribution in [3.8, 4) is 0 Å². The molecular weight excluding hydrogens is 674 g/mol. The van der Waals surface area contributed by atoms with Gasteiger partial charge in [0, 0.05) is 17.3 Å². The van der Waals surface area contributed by atoms with E-state index in [0.29, 0.717) is 0 Å². The van der Waals surface area contributed by atoms with Gasteiger partial charge in [0.1, 0.15) is 0 Å². The topological polar surface area (TPSA) is 120 Å². The van der Waals surface area contributed by atoms with E-state index in [0.717, 1.165) is 54.3 Å². The molecule has 0 aliphatic rings. The molecule has 10 heteroatoms. The van der Waals surface area contributed by atoms with Crippen molar-refractivity contribution in [3.63, 3.8) is 0 Å². The van der Waals surface area contributed by atoms with Crippen molar-refractivity contribution in [2.45, 2.75) is 119 Å². The maximum absolute atomic E-state index is 10.0. The maximum Gasteiger partial charge on any atom is 3.00 e. The van der Waals surface area contributed by atoms with Gasteiger partial charge in [-0.3, -0.25) is 0 Å². The number of hydrogen-bond donors (Lipinski definition) is 0. The summed E-state index contributed by atoms with van der Waals surface area (Å²) < 4.78 is 0. The summed E-state index contributed by atoms with van der Waals surface area (Å²) in [5.74, 6) is 2.79. The van der Waals surface area contributed by atoms with Crippen molar-refractivity contribution in [2.75, 3.05) is 34.5 Å². The van der Waals surface area contributed by atoms with Crippen molar-refractivity contribution in [1.82, 2.24) is 0 Å².